The SMILES string of the molecule is CC(C)(C)C1=CCc2ccccc21.CC(C)(C)c1ccc(O)cc1. The lowest BCUT2D eigenvalue weighted by atomic mass is 9.83. The van der Waals surface area contributed by atoms with Crippen LogP contribution in [0.2, 0.25) is 0 Å². The van der Waals surface area contributed by atoms with Gasteiger partial charge in [0.05, 0.1) is 0 Å². The van der Waals surface area contributed by atoms with Gasteiger partial charge in [0, 0.05) is 0 Å². The quantitative estimate of drug-likeness (QED) is 0.598. The summed E-state index contributed by atoms with van der Waals surface area (Å²) in [5.41, 5.74) is 6.14. The molecular weight excluding hydrogens is 292 g/mol. The zero-order chi connectivity index (χ0) is 18.0. The van der Waals surface area contributed by atoms with Gasteiger partial charge < -0.3 is 5.11 Å². The first-order valence-corrected chi connectivity index (χ1v) is 8.67. The Morgan fingerprint density at radius 2 is 1.33 bits per heavy atom. The van der Waals surface area contributed by atoms with Crippen LogP contribution in [-0.2, 0) is 11.8 Å². The summed E-state index contributed by atoms with van der Waals surface area (Å²) in [5.74, 6) is 0.331. The highest BCUT2D eigenvalue weighted by atomic mass is 16.3. The fourth-order valence-corrected chi connectivity index (χ4v) is 2.95. The summed E-state index contributed by atoms with van der Waals surface area (Å²) in [7, 11) is 0. The Bertz CT molecular complexity index is 707. The summed E-state index contributed by atoms with van der Waals surface area (Å²) in [6, 6.07) is 16.1. The van der Waals surface area contributed by atoms with Crippen molar-refractivity contribution in [3.05, 3.63) is 71.3 Å². The molecule has 1 nitrogen and oxygen atoms in total. The van der Waals surface area contributed by atoms with Crippen LogP contribution in [0.1, 0.15) is 58.2 Å². The summed E-state index contributed by atoms with van der Waals surface area (Å²) in [6.45, 7) is 13.3. The van der Waals surface area contributed by atoms with Crippen molar-refractivity contribution >= 4 is 5.57 Å². The highest BCUT2D eigenvalue weighted by Crippen LogP contribution is 2.39. The number of hydrogen-bond acceptors (Lipinski definition) is 1. The molecule has 0 heterocycles. The first-order valence-electron chi connectivity index (χ1n) is 8.67. The van der Waals surface area contributed by atoms with Gasteiger partial charge in [0.2, 0.25) is 0 Å². The number of allylic oxidation sites excluding steroid dienone is 2. The number of hydrogen-bond donors (Lipinski definition) is 1. The van der Waals surface area contributed by atoms with Gasteiger partial charge in [-0.2, -0.15) is 0 Å². The van der Waals surface area contributed by atoms with Crippen LogP contribution in [0.25, 0.3) is 5.57 Å². The maximum Gasteiger partial charge on any atom is 0.115 e. The Morgan fingerprint density at radius 1 is 0.750 bits per heavy atom. The third kappa shape index (κ3) is 4.50. The molecule has 0 saturated heterocycles. The predicted octanol–water partition coefficient (Wildman–Crippen LogP) is 6.36. The van der Waals surface area contributed by atoms with Crippen molar-refractivity contribution in [1.82, 2.24) is 0 Å². The van der Waals surface area contributed by atoms with E-state index in [4.69, 9.17) is 5.11 Å². The normalized spacial score (nSPS) is 13.7. The average molecular weight is 322 g/mol. The molecule has 0 saturated carbocycles. The summed E-state index contributed by atoms with van der Waals surface area (Å²) in [5, 5.41) is 9.02. The van der Waals surface area contributed by atoms with E-state index in [1.807, 2.05) is 12.1 Å². The van der Waals surface area contributed by atoms with E-state index in [9.17, 15) is 0 Å². The molecule has 2 aromatic carbocycles. The molecule has 1 N–H and O–H groups in total. The van der Waals surface area contributed by atoms with Gasteiger partial charge in [-0.15, -0.1) is 0 Å². The minimum absolute atomic E-state index is 0.174. The first kappa shape index (κ1) is 18.3. The van der Waals surface area contributed by atoms with Crippen LogP contribution in [0.3, 0.4) is 0 Å². The lowest BCUT2D eigenvalue weighted by Gasteiger charge is -2.21. The van der Waals surface area contributed by atoms with Crippen molar-refractivity contribution in [3.8, 4) is 5.75 Å². The molecule has 0 unspecified atom stereocenters. The van der Waals surface area contributed by atoms with Crippen LogP contribution in [0.4, 0.5) is 0 Å². The average Bonchev–Trinajstić information content (AvgIpc) is 2.91. The maximum absolute atomic E-state index is 9.02. The van der Waals surface area contributed by atoms with Crippen molar-refractivity contribution in [2.75, 3.05) is 0 Å². The molecule has 1 heteroatoms. The Morgan fingerprint density at radius 3 is 1.88 bits per heavy atom. The van der Waals surface area contributed by atoms with Crippen LogP contribution in [0.5, 0.6) is 5.75 Å². The van der Waals surface area contributed by atoms with E-state index in [1.54, 1.807) is 12.1 Å². The lowest BCUT2D eigenvalue weighted by molar-refractivity contribution is 0.474. The zero-order valence-electron chi connectivity index (χ0n) is 15.9. The molecule has 2 aromatic rings. The molecule has 0 bridgehead atoms. The number of fused-ring (bicyclic) bond motifs is 1. The predicted molar refractivity (Wildman–Crippen MR) is 104 cm³/mol. The van der Waals surface area contributed by atoms with Crippen molar-refractivity contribution in [2.24, 2.45) is 5.41 Å². The van der Waals surface area contributed by atoms with Gasteiger partial charge in [-0.05, 0) is 51.6 Å². The summed E-state index contributed by atoms with van der Waals surface area (Å²) in [6.07, 6.45) is 3.48. The van der Waals surface area contributed by atoms with Crippen molar-refractivity contribution in [3.63, 3.8) is 0 Å². The van der Waals surface area contributed by atoms with Crippen LogP contribution >= 0.6 is 0 Å². The van der Waals surface area contributed by atoms with E-state index >= 15 is 0 Å². The third-order valence-electron chi connectivity index (χ3n) is 4.37. The molecule has 128 valence electrons. The lowest BCUT2D eigenvalue weighted by Crippen LogP contribution is -2.10. The van der Waals surface area contributed by atoms with Crippen LogP contribution in [0, 0.1) is 5.41 Å². The molecule has 24 heavy (non-hydrogen) atoms. The second kappa shape index (κ2) is 6.84. The van der Waals surface area contributed by atoms with E-state index in [0.717, 1.165) is 6.42 Å². The van der Waals surface area contributed by atoms with E-state index in [1.165, 1.54) is 22.3 Å². The van der Waals surface area contributed by atoms with E-state index in [2.05, 4.69) is 71.9 Å². The van der Waals surface area contributed by atoms with E-state index in [0.29, 0.717) is 5.75 Å². The molecule has 0 atom stereocenters. The molecule has 1 aliphatic carbocycles. The molecular formula is C23H30O. The number of aromatic hydroxyl groups is 1. The van der Waals surface area contributed by atoms with Crippen LogP contribution < -0.4 is 0 Å². The van der Waals surface area contributed by atoms with E-state index < -0.39 is 0 Å². The molecule has 0 fully saturated rings. The Hall–Kier alpha value is -2.02. The minimum Gasteiger partial charge on any atom is -0.508 e. The zero-order valence-corrected chi connectivity index (χ0v) is 15.9. The number of phenols is 1. The third-order valence-corrected chi connectivity index (χ3v) is 4.37. The fourth-order valence-electron chi connectivity index (χ4n) is 2.95. The number of phenolic OH excluding ortho intramolecular Hbond substituents is 1. The summed E-state index contributed by atoms with van der Waals surface area (Å²) in [4.78, 5) is 0. The highest BCUT2D eigenvalue weighted by molar-refractivity contribution is 5.76. The number of rotatable bonds is 0. The van der Waals surface area contributed by atoms with Crippen molar-refractivity contribution in [1.29, 1.82) is 0 Å². The molecule has 0 aromatic heterocycles. The molecule has 0 amide bonds. The maximum atomic E-state index is 9.02. The second-order valence-electron chi connectivity index (χ2n) is 8.53. The van der Waals surface area contributed by atoms with Gasteiger partial charge in [0.25, 0.3) is 0 Å². The van der Waals surface area contributed by atoms with Gasteiger partial charge in [0.1, 0.15) is 5.75 Å². The Balaban J connectivity index is 0.000000177. The van der Waals surface area contributed by atoms with Gasteiger partial charge in [0.15, 0.2) is 0 Å². The van der Waals surface area contributed by atoms with Crippen molar-refractivity contribution in [2.45, 2.75) is 53.4 Å². The van der Waals surface area contributed by atoms with Gasteiger partial charge in [-0.1, -0.05) is 84.0 Å². The first-order chi connectivity index (χ1) is 11.1. The van der Waals surface area contributed by atoms with Gasteiger partial charge in [-0.3, -0.25) is 0 Å². The molecule has 0 radical (unpaired) electrons. The smallest absolute Gasteiger partial charge is 0.115 e. The second-order valence-corrected chi connectivity index (χ2v) is 8.53. The molecule has 1 aliphatic rings. The van der Waals surface area contributed by atoms with Crippen LogP contribution in [0.15, 0.2) is 54.6 Å². The minimum atomic E-state index is 0.174. The van der Waals surface area contributed by atoms with Gasteiger partial charge >= 0.3 is 0 Å². The summed E-state index contributed by atoms with van der Waals surface area (Å²) < 4.78 is 0. The monoisotopic (exact) mass is 322 g/mol. The standard InChI is InChI=1S/C13H16.C10H14O/c1-13(2,3)12-9-8-10-6-4-5-7-11(10)12;1-10(2,3)8-4-6-9(11)7-5-8/h4-7,9H,8H2,1-3H3;4-7,11H,1-3H3. The number of benzene rings is 2. The van der Waals surface area contributed by atoms with Crippen LogP contribution in [-0.4, -0.2) is 5.11 Å². The van der Waals surface area contributed by atoms with Crippen molar-refractivity contribution < 1.29 is 5.11 Å². The summed E-state index contributed by atoms with van der Waals surface area (Å²) >= 11 is 0. The Kier molecular flexibility index (Phi) is 5.22. The highest BCUT2D eigenvalue weighted by Gasteiger charge is 2.23. The largest absolute Gasteiger partial charge is 0.508 e. The molecule has 0 aliphatic heterocycles. The Labute approximate surface area is 147 Å². The van der Waals surface area contributed by atoms with Gasteiger partial charge in [-0.25, -0.2) is 0 Å². The fraction of sp³-hybridized carbons (Fsp3) is 0.391. The topological polar surface area (TPSA) is 20.2 Å². The van der Waals surface area contributed by atoms with E-state index in [-0.39, 0.29) is 10.8 Å². The molecule has 0 spiro atoms. The molecule has 3 rings (SSSR count).